The van der Waals surface area contributed by atoms with Crippen LogP contribution in [0.1, 0.15) is 5.56 Å². The van der Waals surface area contributed by atoms with Gasteiger partial charge in [0.25, 0.3) is 10.9 Å². The monoisotopic (exact) mass is 334 g/mol. The molecule has 4 rings (SSSR count). The summed E-state index contributed by atoms with van der Waals surface area (Å²) in [5.41, 5.74) is 2.65. The number of phenols is 1. The predicted molar refractivity (Wildman–Crippen MR) is 96.2 cm³/mol. The van der Waals surface area contributed by atoms with Crippen LogP contribution in [0.15, 0.2) is 58.4 Å². The predicted octanol–water partition coefficient (Wildman–Crippen LogP) is 2.22. The van der Waals surface area contributed by atoms with Crippen LogP contribution < -0.4 is 21.5 Å². The molecule has 3 aromatic carbocycles. The van der Waals surface area contributed by atoms with E-state index in [9.17, 15) is 14.7 Å². The highest BCUT2D eigenvalue weighted by molar-refractivity contribution is 5.84. The van der Waals surface area contributed by atoms with Crippen molar-refractivity contribution >= 4 is 28.1 Å². The Hall–Kier alpha value is -3.61. The molecule has 1 heterocycles. The summed E-state index contributed by atoms with van der Waals surface area (Å²) in [5.74, 6) is 0.175. The maximum Gasteiger partial charge on any atom is 0.253 e. The molecule has 7 nitrogen and oxygen atoms in total. The van der Waals surface area contributed by atoms with Crippen molar-refractivity contribution in [2.75, 3.05) is 10.6 Å². The van der Waals surface area contributed by atoms with Crippen LogP contribution in [0.4, 0.5) is 17.1 Å². The second kappa shape index (κ2) is 5.79. The number of aromatic nitrogens is 2. The molecule has 7 heteroatoms. The van der Waals surface area contributed by atoms with Crippen LogP contribution in [0.2, 0.25) is 0 Å². The number of benzene rings is 2. The number of hydrogen-bond acceptors (Lipinski definition) is 6. The number of rotatable bonds is 5. The zero-order valence-corrected chi connectivity index (χ0v) is 13.0. The number of imidazole rings is 1. The van der Waals surface area contributed by atoms with E-state index in [2.05, 4.69) is 20.6 Å². The Morgan fingerprint density at radius 1 is 1.00 bits per heavy atom. The lowest BCUT2D eigenvalue weighted by Crippen LogP contribution is -2.36. The first-order valence-corrected chi connectivity index (χ1v) is 7.67. The summed E-state index contributed by atoms with van der Waals surface area (Å²) in [4.78, 5) is 30.9. The minimum absolute atomic E-state index is 0.175. The van der Waals surface area contributed by atoms with E-state index in [1.54, 1.807) is 42.7 Å². The van der Waals surface area contributed by atoms with Crippen LogP contribution in [-0.4, -0.2) is 15.1 Å². The fraction of sp³-hybridized carbons (Fsp3) is 0.0556. The Morgan fingerprint density at radius 3 is 2.56 bits per heavy atom. The molecular formula is C18H14N4O3. The second-order valence-electron chi connectivity index (χ2n) is 5.69. The Kier molecular flexibility index (Phi) is 3.46. The molecule has 0 aliphatic heterocycles. The minimum atomic E-state index is -0.546. The molecule has 0 unspecified atom stereocenters. The largest absolute Gasteiger partial charge is 0.508 e. The fourth-order valence-corrected chi connectivity index (χ4v) is 2.64. The zero-order chi connectivity index (χ0) is 17.4. The summed E-state index contributed by atoms with van der Waals surface area (Å²) in [6, 6.07) is 12.1. The van der Waals surface area contributed by atoms with Crippen molar-refractivity contribution in [3.8, 4) is 5.75 Å². The number of nitrogens with one attached hydrogen (secondary N) is 3. The molecule has 0 bridgehead atoms. The van der Waals surface area contributed by atoms with Crippen molar-refractivity contribution < 1.29 is 5.11 Å². The van der Waals surface area contributed by atoms with E-state index in [0.717, 1.165) is 16.6 Å². The highest BCUT2D eigenvalue weighted by atomic mass is 16.3. The van der Waals surface area contributed by atoms with Crippen LogP contribution in [-0.2, 0) is 6.54 Å². The van der Waals surface area contributed by atoms with Gasteiger partial charge in [0.2, 0.25) is 0 Å². The topological polar surface area (TPSA) is 107 Å². The van der Waals surface area contributed by atoms with E-state index in [1.807, 2.05) is 6.07 Å². The van der Waals surface area contributed by atoms with E-state index < -0.39 is 10.9 Å². The highest BCUT2D eigenvalue weighted by Crippen LogP contribution is 2.23. The summed E-state index contributed by atoms with van der Waals surface area (Å²) in [6.45, 7) is 0.373. The third-order valence-electron chi connectivity index (χ3n) is 4.01. The average molecular weight is 334 g/mol. The number of fused-ring (bicyclic) bond motifs is 1. The van der Waals surface area contributed by atoms with Crippen LogP contribution in [0.25, 0.3) is 11.0 Å². The highest BCUT2D eigenvalue weighted by Gasteiger charge is 2.20. The average Bonchev–Trinajstić information content (AvgIpc) is 3.10. The Balaban J connectivity index is 1.54. The van der Waals surface area contributed by atoms with Gasteiger partial charge in [0.1, 0.15) is 17.1 Å². The number of hydrogen-bond donors (Lipinski definition) is 4. The van der Waals surface area contributed by atoms with Gasteiger partial charge in [-0.25, -0.2) is 4.98 Å². The van der Waals surface area contributed by atoms with Gasteiger partial charge in [0, 0.05) is 12.2 Å². The summed E-state index contributed by atoms with van der Waals surface area (Å²) >= 11 is 0. The maximum atomic E-state index is 11.9. The SMILES string of the molecule is O=c1c(NCc2ccc(O)cc2)c(Nc2ccc3[nH]cnc3c2)c1=O. The molecule has 0 spiro atoms. The zero-order valence-electron chi connectivity index (χ0n) is 13.0. The molecule has 4 aromatic rings. The number of aromatic amines is 1. The van der Waals surface area contributed by atoms with E-state index in [4.69, 9.17) is 0 Å². The lowest BCUT2D eigenvalue weighted by molar-refractivity contribution is 0.475. The first-order chi connectivity index (χ1) is 12.1. The molecule has 4 N–H and O–H groups in total. The van der Waals surface area contributed by atoms with Crippen molar-refractivity contribution in [1.82, 2.24) is 9.97 Å². The van der Waals surface area contributed by atoms with Gasteiger partial charge in [0.15, 0.2) is 0 Å². The normalized spacial score (nSPS) is 11.0. The number of nitrogens with zero attached hydrogens (tertiary/aromatic N) is 1. The molecule has 0 radical (unpaired) electrons. The lowest BCUT2D eigenvalue weighted by Gasteiger charge is -2.15. The first-order valence-electron chi connectivity index (χ1n) is 7.67. The molecule has 0 saturated carbocycles. The summed E-state index contributed by atoms with van der Waals surface area (Å²) in [7, 11) is 0. The standard InChI is InChI=1S/C18H14N4O3/c23-12-4-1-10(2-5-12)8-19-15-16(18(25)17(15)24)22-11-3-6-13-14(7-11)21-9-20-13/h1-7,9,19,22-23H,8H2,(H,20,21). The van der Waals surface area contributed by atoms with Gasteiger partial charge in [-0.15, -0.1) is 0 Å². The minimum Gasteiger partial charge on any atom is -0.508 e. The van der Waals surface area contributed by atoms with Crippen molar-refractivity contribution in [3.63, 3.8) is 0 Å². The van der Waals surface area contributed by atoms with Crippen molar-refractivity contribution in [2.45, 2.75) is 6.54 Å². The smallest absolute Gasteiger partial charge is 0.253 e. The van der Waals surface area contributed by atoms with Gasteiger partial charge in [-0.2, -0.15) is 0 Å². The Labute approximate surface area is 141 Å². The molecule has 124 valence electrons. The molecule has 0 aliphatic carbocycles. The molecule has 0 saturated heterocycles. The van der Waals surface area contributed by atoms with Crippen LogP contribution in [0.5, 0.6) is 5.75 Å². The quantitative estimate of drug-likeness (QED) is 0.417. The molecule has 0 aliphatic rings. The van der Waals surface area contributed by atoms with Crippen molar-refractivity contribution in [1.29, 1.82) is 0 Å². The van der Waals surface area contributed by atoms with Gasteiger partial charge in [0.05, 0.1) is 17.4 Å². The first kappa shape index (κ1) is 14.9. The third-order valence-corrected chi connectivity index (χ3v) is 4.01. The molecule has 0 fully saturated rings. The van der Waals surface area contributed by atoms with Crippen LogP contribution >= 0.6 is 0 Å². The van der Waals surface area contributed by atoms with Crippen molar-refractivity contribution in [3.05, 3.63) is 74.8 Å². The van der Waals surface area contributed by atoms with E-state index in [0.29, 0.717) is 12.2 Å². The van der Waals surface area contributed by atoms with E-state index in [1.165, 1.54) is 0 Å². The molecular weight excluding hydrogens is 320 g/mol. The van der Waals surface area contributed by atoms with Gasteiger partial charge in [-0.3, -0.25) is 9.59 Å². The summed E-state index contributed by atoms with van der Waals surface area (Å²) in [5, 5.41) is 15.3. The lowest BCUT2D eigenvalue weighted by atomic mass is 10.1. The number of phenolic OH excluding ortho intramolecular Hbond substituents is 1. The fourth-order valence-electron chi connectivity index (χ4n) is 2.64. The molecule has 0 atom stereocenters. The molecule has 25 heavy (non-hydrogen) atoms. The van der Waals surface area contributed by atoms with Crippen molar-refractivity contribution in [2.24, 2.45) is 0 Å². The summed E-state index contributed by atoms with van der Waals surface area (Å²) in [6.07, 6.45) is 1.59. The second-order valence-corrected chi connectivity index (χ2v) is 5.69. The van der Waals surface area contributed by atoms with E-state index in [-0.39, 0.29) is 17.1 Å². The van der Waals surface area contributed by atoms with Crippen LogP contribution in [0, 0.1) is 0 Å². The number of anilines is 3. The van der Waals surface area contributed by atoms with Crippen LogP contribution in [0.3, 0.4) is 0 Å². The van der Waals surface area contributed by atoms with Gasteiger partial charge >= 0.3 is 0 Å². The maximum absolute atomic E-state index is 11.9. The summed E-state index contributed by atoms with van der Waals surface area (Å²) < 4.78 is 0. The number of H-pyrrole nitrogens is 1. The Bertz CT molecular complexity index is 1120. The van der Waals surface area contributed by atoms with Gasteiger partial charge in [-0.1, -0.05) is 12.1 Å². The van der Waals surface area contributed by atoms with Gasteiger partial charge in [-0.05, 0) is 35.9 Å². The number of aromatic hydroxyl groups is 1. The third kappa shape index (κ3) is 2.72. The Morgan fingerprint density at radius 2 is 1.76 bits per heavy atom. The molecule has 1 aromatic heterocycles. The van der Waals surface area contributed by atoms with Gasteiger partial charge < -0.3 is 20.7 Å². The van der Waals surface area contributed by atoms with E-state index >= 15 is 0 Å². The molecule has 0 amide bonds.